The van der Waals surface area contributed by atoms with Crippen LogP contribution in [-0.2, 0) is 7.05 Å². The van der Waals surface area contributed by atoms with Crippen molar-refractivity contribution in [1.82, 2.24) is 29.9 Å². The number of nitrogens with zero attached hydrogens (tertiary/aromatic N) is 7. The Morgan fingerprint density at radius 3 is 2.55 bits per heavy atom. The van der Waals surface area contributed by atoms with Crippen LogP contribution in [0.4, 0.5) is 10.3 Å². The first-order valence-electron chi connectivity index (χ1n) is 12.0. The van der Waals surface area contributed by atoms with Crippen molar-refractivity contribution in [2.75, 3.05) is 18.0 Å². The fourth-order valence-electron chi connectivity index (χ4n) is 5.06. The van der Waals surface area contributed by atoms with Gasteiger partial charge in [0.1, 0.15) is 23.1 Å². The van der Waals surface area contributed by atoms with Gasteiger partial charge in [-0.25, -0.2) is 9.37 Å². The number of nitriles is 1. The van der Waals surface area contributed by atoms with Gasteiger partial charge in [-0.05, 0) is 30.5 Å². The smallest absolute Gasteiger partial charge is 0.228 e. The number of aromatic amines is 1. The second-order valence-corrected chi connectivity index (χ2v) is 10.2. The third-order valence-corrected chi connectivity index (χ3v) is 8.04. The van der Waals surface area contributed by atoms with Gasteiger partial charge in [-0.2, -0.15) is 20.4 Å². The number of rotatable bonds is 4. The van der Waals surface area contributed by atoms with Crippen LogP contribution in [0.15, 0.2) is 42.5 Å². The summed E-state index contributed by atoms with van der Waals surface area (Å²) in [5.41, 5.74) is 8.31. The zero-order valence-corrected chi connectivity index (χ0v) is 21.8. The largest absolute Gasteiger partial charge is 0.341 e. The van der Waals surface area contributed by atoms with Crippen LogP contribution in [0.25, 0.3) is 33.2 Å². The van der Waals surface area contributed by atoms with E-state index in [-0.39, 0.29) is 5.69 Å². The molecule has 0 spiro atoms. The van der Waals surface area contributed by atoms with Gasteiger partial charge in [-0.1, -0.05) is 53.5 Å². The second kappa shape index (κ2) is 9.20. The maximum absolute atomic E-state index is 15.3. The number of nitrogens with two attached hydrogens (primary N) is 1. The van der Waals surface area contributed by atoms with Gasteiger partial charge in [0.05, 0.1) is 26.9 Å². The number of benzene rings is 2. The molecular formula is C26H22Cl2FN9. The maximum atomic E-state index is 15.3. The third kappa shape index (κ3) is 3.86. The normalized spacial score (nSPS) is 16.2. The number of hydrogen-bond acceptors (Lipinski definition) is 7. The van der Waals surface area contributed by atoms with Crippen LogP contribution in [0.1, 0.15) is 30.3 Å². The fourth-order valence-corrected chi connectivity index (χ4v) is 5.68. The molecule has 2 aromatic carbocycles. The Morgan fingerprint density at radius 1 is 1.11 bits per heavy atom. The molecule has 0 radical (unpaired) electrons. The molecule has 3 N–H and O–H groups in total. The minimum absolute atomic E-state index is 0.152. The number of hydrogen-bond donors (Lipinski definition) is 2. The maximum Gasteiger partial charge on any atom is 0.228 e. The lowest BCUT2D eigenvalue weighted by atomic mass is 9.81. The van der Waals surface area contributed by atoms with Crippen molar-refractivity contribution in [3.05, 3.63) is 63.9 Å². The van der Waals surface area contributed by atoms with Crippen LogP contribution >= 0.6 is 23.2 Å². The average molecular weight is 550 g/mol. The van der Waals surface area contributed by atoms with E-state index in [1.165, 1.54) is 0 Å². The van der Waals surface area contributed by atoms with Crippen LogP contribution in [0, 0.1) is 11.3 Å². The Bertz CT molecular complexity index is 1720. The van der Waals surface area contributed by atoms with Gasteiger partial charge in [0.25, 0.3) is 0 Å². The summed E-state index contributed by atoms with van der Waals surface area (Å²) in [6, 6.07) is 14.7. The van der Waals surface area contributed by atoms with E-state index in [2.05, 4.69) is 31.3 Å². The molecule has 0 bridgehead atoms. The van der Waals surface area contributed by atoms with Crippen molar-refractivity contribution < 1.29 is 4.39 Å². The predicted molar refractivity (Wildman–Crippen MR) is 145 cm³/mol. The molecule has 1 aliphatic rings. The van der Waals surface area contributed by atoms with E-state index in [0.717, 1.165) is 0 Å². The average Bonchev–Trinajstić information content (AvgIpc) is 3.49. The molecule has 0 aliphatic carbocycles. The van der Waals surface area contributed by atoms with E-state index in [9.17, 15) is 5.26 Å². The molecule has 192 valence electrons. The lowest BCUT2D eigenvalue weighted by molar-refractivity contribution is 0.158. The minimum Gasteiger partial charge on any atom is -0.341 e. The summed E-state index contributed by atoms with van der Waals surface area (Å²) in [5.74, 6) is 0.360. The number of aryl methyl sites for hydroxylation is 1. The van der Waals surface area contributed by atoms with Crippen LogP contribution in [0.2, 0.25) is 10.2 Å². The van der Waals surface area contributed by atoms with Crippen LogP contribution < -0.4 is 10.6 Å². The van der Waals surface area contributed by atoms with Crippen LogP contribution in [0.5, 0.6) is 0 Å². The summed E-state index contributed by atoms with van der Waals surface area (Å²) in [6.45, 7) is 0.895. The van der Waals surface area contributed by atoms with Crippen molar-refractivity contribution in [3.8, 4) is 17.3 Å². The SMILES string of the molecule is Cn1nc2ccc(-c3n[nH]c4nc(N5CCC(N)(C(F)c6ccccc6)CC5)nc(C#N)c34)c(Cl)c2c1Cl. The Hall–Kier alpha value is -3.78. The predicted octanol–water partition coefficient (Wildman–Crippen LogP) is 5.09. The van der Waals surface area contributed by atoms with Gasteiger partial charge < -0.3 is 10.6 Å². The van der Waals surface area contributed by atoms with E-state index in [4.69, 9.17) is 28.9 Å². The highest BCUT2D eigenvalue weighted by Crippen LogP contribution is 2.40. The van der Waals surface area contributed by atoms with Gasteiger partial charge in [0.15, 0.2) is 11.3 Å². The van der Waals surface area contributed by atoms with Gasteiger partial charge in [0, 0.05) is 25.7 Å². The second-order valence-electron chi connectivity index (χ2n) is 9.51. The van der Waals surface area contributed by atoms with Crippen molar-refractivity contribution in [2.24, 2.45) is 12.8 Å². The number of halogens is 3. The molecular weight excluding hydrogens is 528 g/mol. The molecule has 5 aromatic rings. The molecule has 1 unspecified atom stereocenters. The molecule has 4 heterocycles. The van der Waals surface area contributed by atoms with Gasteiger partial charge in [-0.3, -0.25) is 9.78 Å². The molecule has 0 saturated carbocycles. The lowest BCUT2D eigenvalue weighted by Gasteiger charge is -2.41. The van der Waals surface area contributed by atoms with Crippen molar-refractivity contribution >= 4 is 51.1 Å². The Kier molecular flexibility index (Phi) is 5.94. The number of alkyl halides is 1. The highest BCUT2D eigenvalue weighted by molar-refractivity contribution is 6.43. The van der Waals surface area contributed by atoms with Crippen LogP contribution in [0.3, 0.4) is 0 Å². The van der Waals surface area contributed by atoms with E-state index in [1.807, 2.05) is 23.1 Å². The summed E-state index contributed by atoms with van der Waals surface area (Å²) in [4.78, 5) is 11.1. The molecule has 0 amide bonds. The highest BCUT2D eigenvalue weighted by atomic mass is 35.5. The number of H-pyrrole nitrogens is 1. The first-order chi connectivity index (χ1) is 18.3. The molecule has 9 nitrogen and oxygen atoms in total. The summed E-state index contributed by atoms with van der Waals surface area (Å²) in [6.07, 6.45) is -0.473. The van der Waals surface area contributed by atoms with Gasteiger partial charge in [-0.15, -0.1) is 0 Å². The summed E-state index contributed by atoms with van der Waals surface area (Å²) in [7, 11) is 1.73. The fraction of sp³-hybridized carbons (Fsp3) is 0.269. The summed E-state index contributed by atoms with van der Waals surface area (Å²) in [5, 5.41) is 23.5. The van der Waals surface area contributed by atoms with E-state index < -0.39 is 11.7 Å². The zero-order chi connectivity index (χ0) is 26.6. The first-order valence-corrected chi connectivity index (χ1v) is 12.8. The molecule has 38 heavy (non-hydrogen) atoms. The van der Waals surface area contributed by atoms with Crippen molar-refractivity contribution in [1.29, 1.82) is 5.26 Å². The van der Waals surface area contributed by atoms with E-state index in [1.54, 1.807) is 36.0 Å². The topological polar surface area (TPSA) is 125 Å². The van der Waals surface area contributed by atoms with Gasteiger partial charge in [0.2, 0.25) is 5.95 Å². The quantitative estimate of drug-likeness (QED) is 0.319. The number of nitrogens with one attached hydrogen (secondary N) is 1. The summed E-state index contributed by atoms with van der Waals surface area (Å²) < 4.78 is 16.9. The Labute approximate surface area is 227 Å². The number of piperidine rings is 1. The third-order valence-electron chi connectivity index (χ3n) is 7.21. The molecule has 3 aromatic heterocycles. The monoisotopic (exact) mass is 549 g/mol. The van der Waals surface area contributed by atoms with Crippen molar-refractivity contribution in [2.45, 2.75) is 24.6 Å². The molecule has 1 atom stereocenters. The molecule has 1 aliphatic heterocycles. The van der Waals surface area contributed by atoms with Gasteiger partial charge >= 0.3 is 0 Å². The Balaban J connectivity index is 1.33. The highest BCUT2D eigenvalue weighted by Gasteiger charge is 2.40. The zero-order valence-electron chi connectivity index (χ0n) is 20.3. The molecule has 6 rings (SSSR count). The minimum atomic E-state index is -1.28. The molecule has 12 heteroatoms. The Morgan fingerprint density at radius 2 is 1.84 bits per heavy atom. The molecule has 1 fully saturated rings. The standard InChI is InChI=1S/C26H22Cl2FN9/c1-37-23(28)18-16(36-37)8-7-15(20(18)27)21-19-17(13-30)32-25(33-24(19)35-34-21)38-11-9-26(31,10-12-38)22(29)14-5-3-2-4-6-14/h2-8,22H,9-12,31H2,1H3,(H,32,33,34,35). The summed E-state index contributed by atoms with van der Waals surface area (Å²) >= 11 is 13.1. The van der Waals surface area contributed by atoms with Crippen molar-refractivity contribution in [3.63, 3.8) is 0 Å². The molecule has 1 saturated heterocycles. The first kappa shape index (κ1) is 24.6. The number of fused-ring (bicyclic) bond motifs is 2. The number of aromatic nitrogens is 6. The van der Waals surface area contributed by atoms with E-state index >= 15 is 4.39 Å². The van der Waals surface area contributed by atoms with Crippen LogP contribution in [-0.4, -0.2) is 48.6 Å². The lowest BCUT2D eigenvalue weighted by Crippen LogP contribution is -2.53. The van der Waals surface area contributed by atoms with E-state index in [0.29, 0.717) is 80.8 Å². The number of anilines is 1.